The third-order valence-corrected chi connectivity index (χ3v) is 4.08. The highest BCUT2D eigenvalue weighted by Gasteiger charge is 2.09. The second-order valence-electron chi connectivity index (χ2n) is 5.76. The van der Waals surface area contributed by atoms with Crippen molar-refractivity contribution in [1.29, 1.82) is 0 Å². The normalized spacial score (nSPS) is 11.0. The number of methoxy groups -OCH3 is 1. The van der Waals surface area contributed by atoms with E-state index in [1.54, 1.807) is 56.5 Å². The van der Waals surface area contributed by atoms with Crippen molar-refractivity contribution in [3.8, 4) is 5.75 Å². The van der Waals surface area contributed by atoms with Crippen LogP contribution in [0.1, 0.15) is 18.9 Å². The Morgan fingerprint density at radius 2 is 1.78 bits per heavy atom. The lowest BCUT2D eigenvalue weighted by Crippen LogP contribution is -2.22. The van der Waals surface area contributed by atoms with Crippen molar-refractivity contribution in [2.45, 2.75) is 19.8 Å². The molecule has 0 aliphatic rings. The predicted molar refractivity (Wildman–Crippen MR) is 108 cm³/mol. The molecule has 2 rings (SSSR count). The van der Waals surface area contributed by atoms with Gasteiger partial charge >= 0.3 is 0 Å². The first kappa shape index (κ1) is 20.7. The van der Waals surface area contributed by atoms with Gasteiger partial charge in [-0.3, -0.25) is 9.59 Å². The van der Waals surface area contributed by atoms with Crippen molar-refractivity contribution in [2.75, 3.05) is 12.4 Å². The van der Waals surface area contributed by atoms with Gasteiger partial charge in [-0.2, -0.15) is 5.10 Å². The number of nitrogens with one attached hydrogen (secondary N) is 2. The lowest BCUT2D eigenvalue weighted by atomic mass is 10.1. The topological polar surface area (TPSA) is 79.8 Å². The molecule has 0 heterocycles. The monoisotopic (exact) mass is 407 g/mol. The van der Waals surface area contributed by atoms with Gasteiger partial charge in [0.25, 0.3) is 0 Å². The van der Waals surface area contributed by atoms with Gasteiger partial charge in [-0.25, -0.2) is 5.43 Å². The minimum absolute atomic E-state index is 0.00561. The van der Waals surface area contributed by atoms with Crippen LogP contribution in [0.5, 0.6) is 5.75 Å². The van der Waals surface area contributed by atoms with Crippen LogP contribution in [0.2, 0.25) is 10.0 Å². The number of nitrogens with zero attached hydrogens (tertiary/aromatic N) is 1. The molecule has 0 aliphatic heterocycles. The second kappa shape index (κ2) is 9.94. The van der Waals surface area contributed by atoms with Crippen LogP contribution in [0.25, 0.3) is 0 Å². The zero-order chi connectivity index (χ0) is 19.8. The van der Waals surface area contributed by atoms with Crippen LogP contribution >= 0.6 is 23.2 Å². The lowest BCUT2D eigenvalue weighted by Gasteiger charge is -2.08. The van der Waals surface area contributed by atoms with Gasteiger partial charge in [0.15, 0.2) is 0 Å². The Hall–Kier alpha value is -2.57. The number of amides is 2. The maximum Gasteiger partial charge on any atom is 0.244 e. The second-order valence-corrected chi connectivity index (χ2v) is 6.60. The molecule has 0 radical (unpaired) electrons. The summed E-state index contributed by atoms with van der Waals surface area (Å²) < 4.78 is 5.07. The van der Waals surface area contributed by atoms with Crippen molar-refractivity contribution >= 4 is 46.4 Å². The Balaban J connectivity index is 1.84. The van der Waals surface area contributed by atoms with Crippen LogP contribution in [0.3, 0.4) is 0 Å². The summed E-state index contributed by atoms with van der Waals surface area (Å²) in [5.41, 5.74) is 4.14. The molecule has 0 saturated heterocycles. The summed E-state index contributed by atoms with van der Waals surface area (Å²) in [7, 11) is 1.58. The first-order valence-electron chi connectivity index (χ1n) is 8.07. The van der Waals surface area contributed by atoms with Crippen molar-refractivity contribution < 1.29 is 14.3 Å². The van der Waals surface area contributed by atoms with Crippen molar-refractivity contribution in [2.24, 2.45) is 5.10 Å². The molecular formula is C19H19Cl2N3O3. The van der Waals surface area contributed by atoms with Crippen LogP contribution in [0, 0.1) is 0 Å². The minimum Gasteiger partial charge on any atom is -0.497 e. The third kappa shape index (κ3) is 6.92. The molecule has 142 valence electrons. The summed E-state index contributed by atoms with van der Waals surface area (Å²) >= 11 is 11.9. The Kier molecular flexibility index (Phi) is 7.64. The number of hydrogen-bond acceptors (Lipinski definition) is 4. The molecule has 0 saturated carbocycles. The zero-order valence-electron chi connectivity index (χ0n) is 14.9. The maximum atomic E-state index is 12.1. The Labute approximate surface area is 167 Å². The van der Waals surface area contributed by atoms with Crippen LogP contribution in [0.4, 0.5) is 5.69 Å². The van der Waals surface area contributed by atoms with Gasteiger partial charge < -0.3 is 10.1 Å². The molecule has 0 spiro atoms. The number of carbonyl (C=O) groups is 2. The lowest BCUT2D eigenvalue weighted by molar-refractivity contribution is -0.120. The summed E-state index contributed by atoms with van der Waals surface area (Å²) in [6.07, 6.45) is 0.177. The van der Waals surface area contributed by atoms with E-state index in [9.17, 15) is 9.59 Å². The van der Waals surface area contributed by atoms with Crippen molar-refractivity contribution in [1.82, 2.24) is 5.43 Å². The fourth-order valence-electron chi connectivity index (χ4n) is 2.19. The predicted octanol–water partition coefficient (Wildman–Crippen LogP) is 4.07. The number of halogens is 2. The highest BCUT2D eigenvalue weighted by atomic mass is 35.5. The number of ether oxygens (including phenoxy) is 1. The number of rotatable bonds is 7. The molecule has 0 fully saturated rings. The Morgan fingerprint density at radius 3 is 2.44 bits per heavy atom. The summed E-state index contributed by atoms with van der Waals surface area (Å²) in [6.45, 7) is 1.65. The average molecular weight is 408 g/mol. The Bertz CT molecular complexity index is 852. The van der Waals surface area contributed by atoms with Gasteiger partial charge in [0.1, 0.15) is 5.75 Å². The summed E-state index contributed by atoms with van der Waals surface area (Å²) in [5.74, 6) is 0.126. The molecule has 0 aromatic heterocycles. The molecule has 0 atom stereocenters. The number of anilines is 1. The third-order valence-electron chi connectivity index (χ3n) is 3.51. The fraction of sp³-hybridized carbons (Fsp3) is 0.211. The first-order chi connectivity index (χ1) is 12.9. The van der Waals surface area contributed by atoms with Crippen molar-refractivity contribution in [3.63, 3.8) is 0 Å². The van der Waals surface area contributed by atoms with Gasteiger partial charge in [0.05, 0.1) is 30.7 Å². The number of hydrogen-bond donors (Lipinski definition) is 2. The average Bonchev–Trinajstić information content (AvgIpc) is 2.63. The van der Waals surface area contributed by atoms with E-state index in [0.717, 1.165) is 11.3 Å². The number of hydrazone groups is 1. The van der Waals surface area contributed by atoms with E-state index in [0.29, 0.717) is 21.4 Å². The highest BCUT2D eigenvalue weighted by Crippen LogP contribution is 2.25. The largest absolute Gasteiger partial charge is 0.497 e. The summed E-state index contributed by atoms with van der Waals surface area (Å²) in [5, 5.41) is 7.46. The van der Waals surface area contributed by atoms with E-state index < -0.39 is 0 Å². The van der Waals surface area contributed by atoms with E-state index in [-0.39, 0.29) is 24.7 Å². The molecular weight excluding hydrogens is 389 g/mol. The fourth-order valence-corrected chi connectivity index (χ4v) is 2.52. The zero-order valence-corrected chi connectivity index (χ0v) is 16.4. The van der Waals surface area contributed by atoms with E-state index in [1.165, 1.54) is 0 Å². The summed E-state index contributed by atoms with van der Waals surface area (Å²) in [6, 6.07) is 12.0. The van der Waals surface area contributed by atoms with Crippen molar-refractivity contribution in [3.05, 3.63) is 58.1 Å². The molecule has 0 aliphatic carbocycles. The van der Waals surface area contributed by atoms with Crippen LogP contribution in [-0.2, 0) is 16.0 Å². The van der Waals surface area contributed by atoms with Gasteiger partial charge in [-0.05, 0) is 42.8 Å². The highest BCUT2D eigenvalue weighted by molar-refractivity contribution is 6.35. The van der Waals surface area contributed by atoms with E-state index >= 15 is 0 Å². The van der Waals surface area contributed by atoms with Crippen LogP contribution in [-0.4, -0.2) is 24.6 Å². The van der Waals surface area contributed by atoms with Gasteiger partial charge in [-0.15, -0.1) is 0 Å². The van der Waals surface area contributed by atoms with Gasteiger partial charge in [0, 0.05) is 10.7 Å². The molecule has 0 unspecified atom stereocenters. The Morgan fingerprint density at radius 1 is 1.07 bits per heavy atom. The molecule has 0 bridgehead atoms. The standard InChI is InChI=1S/C19H19Cl2N3O3/c1-12(9-18(25)22-17-11-14(20)5-8-16(17)21)23-24-19(26)10-13-3-6-15(27-2)7-4-13/h3-8,11H,9-10H2,1-2H3,(H,22,25)(H,24,26)/b23-12-. The maximum absolute atomic E-state index is 12.1. The molecule has 2 aromatic carbocycles. The molecule has 8 heteroatoms. The van der Waals surface area contributed by atoms with E-state index in [2.05, 4.69) is 15.8 Å². The van der Waals surface area contributed by atoms with E-state index in [4.69, 9.17) is 27.9 Å². The quantitative estimate of drug-likeness (QED) is 0.536. The SMILES string of the molecule is COc1ccc(CC(=O)N/N=C(/C)CC(=O)Nc2cc(Cl)ccc2Cl)cc1. The van der Waals surface area contributed by atoms with Crippen LogP contribution < -0.4 is 15.5 Å². The molecule has 6 nitrogen and oxygen atoms in total. The minimum atomic E-state index is -0.315. The first-order valence-corrected chi connectivity index (χ1v) is 8.83. The number of carbonyl (C=O) groups excluding carboxylic acids is 2. The molecule has 2 amide bonds. The summed E-state index contributed by atoms with van der Waals surface area (Å²) in [4.78, 5) is 24.0. The number of benzene rings is 2. The van der Waals surface area contributed by atoms with Gasteiger partial charge in [0.2, 0.25) is 11.8 Å². The van der Waals surface area contributed by atoms with Gasteiger partial charge in [-0.1, -0.05) is 35.3 Å². The van der Waals surface area contributed by atoms with E-state index in [1.807, 2.05) is 0 Å². The molecule has 27 heavy (non-hydrogen) atoms. The molecule has 2 N–H and O–H groups in total. The smallest absolute Gasteiger partial charge is 0.244 e. The molecule has 2 aromatic rings. The van der Waals surface area contributed by atoms with Crippen LogP contribution in [0.15, 0.2) is 47.6 Å².